The molecule has 3 heteroatoms. The van der Waals surface area contributed by atoms with Crippen LogP contribution in [-0.2, 0) is 35.1 Å². The van der Waals surface area contributed by atoms with Gasteiger partial charge in [-0.2, -0.15) is 11.6 Å². The van der Waals surface area contributed by atoms with E-state index in [1.807, 2.05) is 0 Å². The Morgan fingerprint density at radius 2 is 1.17 bits per heavy atom. The average molecular weight is 833 g/mol. The van der Waals surface area contributed by atoms with E-state index in [2.05, 4.69) is 154 Å². The summed E-state index contributed by atoms with van der Waals surface area (Å²) in [5.41, 5.74) is 13.8. The van der Waals surface area contributed by atoms with Gasteiger partial charge in [-0.1, -0.05) is 88.3 Å². The molecule has 4 aromatic rings. The minimum atomic E-state index is 0. The first-order chi connectivity index (χ1) is 24.5. The quantitative estimate of drug-likeness (QED) is 0.183. The summed E-state index contributed by atoms with van der Waals surface area (Å²) < 4.78 is 1.46. The molecular formula is C51H58Cl2Zr-2. The van der Waals surface area contributed by atoms with Gasteiger partial charge in [-0.05, 0) is 91.9 Å². The van der Waals surface area contributed by atoms with Gasteiger partial charge in [-0.3, -0.25) is 6.08 Å². The second kappa shape index (κ2) is 15.0. The van der Waals surface area contributed by atoms with Crippen molar-refractivity contribution in [3.8, 4) is 0 Å². The summed E-state index contributed by atoms with van der Waals surface area (Å²) in [5.74, 6) is 4.68. The number of allylic oxidation sites excluding steroid dienone is 8. The maximum absolute atomic E-state index is 3.49. The molecule has 282 valence electrons. The summed E-state index contributed by atoms with van der Waals surface area (Å²) in [6, 6.07) is 20.8. The minimum Gasteiger partial charge on any atom is -1.00 e. The molecule has 1 unspecified atom stereocenters. The Balaban J connectivity index is 0.000000149. The molecule has 0 spiro atoms. The van der Waals surface area contributed by atoms with E-state index in [9.17, 15) is 0 Å². The Morgan fingerprint density at radius 3 is 1.57 bits per heavy atom. The molecule has 54 heavy (non-hydrogen) atoms. The molecule has 0 N–H and O–H groups in total. The van der Waals surface area contributed by atoms with E-state index in [0.717, 1.165) is 23.7 Å². The fourth-order valence-corrected chi connectivity index (χ4v) is 12.0. The first-order valence-electron chi connectivity index (χ1n) is 20.1. The van der Waals surface area contributed by atoms with Crippen LogP contribution in [0.4, 0.5) is 0 Å². The van der Waals surface area contributed by atoms with Crippen LogP contribution < -0.4 is 24.8 Å². The third-order valence-electron chi connectivity index (χ3n) is 14.2. The number of benzene rings is 3. The molecule has 0 heterocycles. The molecule has 11 rings (SSSR count). The van der Waals surface area contributed by atoms with Crippen molar-refractivity contribution in [1.82, 2.24) is 0 Å². The molecule has 4 bridgehead atoms. The van der Waals surface area contributed by atoms with Crippen LogP contribution in [0.3, 0.4) is 0 Å². The van der Waals surface area contributed by atoms with Crippen molar-refractivity contribution < 1.29 is 49.0 Å². The normalized spacial score (nSPS) is 28.4. The first-order valence-corrected chi connectivity index (χ1v) is 21.3. The van der Waals surface area contributed by atoms with Crippen LogP contribution in [0.1, 0.15) is 128 Å². The third kappa shape index (κ3) is 7.16. The van der Waals surface area contributed by atoms with E-state index in [1.165, 1.54) is 119 Å². The fourth-order valence-electron chi connectivity index (χ4n) is 11.6. The largest absolute Gasteiger partial charge is 1.00 e. The van der Waals surface area contributed by atoms with Gasteiger partial charge in [0.05, 0.1) is 0 Å². The first kappa shape index (κ1) is 41.5. The molecular weight excluding hydrogens is 775 g/mol. The monoisotopic (exact) mass is 830 g/mol. The predicted molar refractivity (Wildman–Crippen MR) is 222 cm³/mol. The molecule has 4 fully saturated rings. The minimum absolute atomic E-state index is 0. The van der Waals surface area contributed by atoms with Crippen molar-refractivity contribution >= 4 is 35.9 Å². The van der Waals surface area contributed by atoms with Crippen LogP contribution in [0.5, 0.6) is 0 Å². The van der Waals surface area contributed by atoms with E-state index in [1.54, 1.807) is 12.0 Å². The Bertz CT molecular complexity index is 2110. The molecule has 0 aliphatic heterocycles. The topological polar surface area (TPSA) is 0 Å². The number of hydrogen-bond donors (Lipinski definition) is 0. The van der Waals surface area contributed by atoms with Crippen LogP contribution in [0.2, 0.25) is 0 Å². The van der Waals surface area contributed by atoms with Crippen molar-refractivity contribution in [2.45, 2.75) is 112 Å². The molecule has 0 radical (unpaired) electrons. The Morgan fingerprint density at radius 1 is 0.704 bits per heavy atom. The van der Waals surface area contributed by atoms with Gasteiger partial charge in [-0.15, -0.1) is 39.7 Å². The number of fused-ring (bicyclic) bond motifs is 5. The summed E-state index contributed by atoms with van der Waals surface area (Å²) in [4.78, 5) is 0. The molecule has 7 aliphatic rings. The molecule has 0 amide bonds. The SMILES string of the molecule is CC1=CC(C)(C)c2cc3[cH-]c4cc5c(cc4c3cc21)C(C)=CC5(C)C.CC1[C-]=CC(C2(C)C3CC4CC(C3)CC2C4)=C1.C[C](=[Zr+2])c1ccc(C)cc1.[Cl-].[Cl-]. The smallest absolute Gasteiger partial charge is 1.00 e. The van der Waals surface area contributed by atoms with Gasteiger partial charge in [0.15, 0.2) is 0 Å². The Labute approximate surface area is 353 Å². The number of halogens is 2. The molecule has 0 nitrogen and oxygen atoms in total. The Kier molecular flexibility index (Phi) is 11.5. The van der Waals surface area contributed by atoms with Crippen molar-refractivity contribution in [3.05, 3.63) is 124 Å². The van der Waals surface area contributed by atoms with Crippen molar-refractivity contribution in [2.24, 2.45) is 35.0 Å². The molecule has 0 saturated heterocycles. The summed E-state index contributed by atoms with van der Waals surface area (Å²) in [6.07, 6.45) is 20.7. The summed E-state index contributed by atoms with van der Waals surface area (Å²) in [5, 5.41) is 5.57. The molecule has 7 aliphatic carbocycles. The second-order valence-corrected chi connectivity index (χ2v) is 20.9. The predicted octanol–water partition coefficient (Wildman–Crippen LogP) is 7.58. The average Bonchev–Trinajstić information content (AvgIpc) is 3.79. The van der Waals surface area contributed by atoms with Crippen molar-refractivity contribution in [3.63, 3.8) is 0 Å². The second-order valence-electron chi connectivity index (χ2n) is 19.0. The Hall–Kier alpha value is -2.18. The van der Waals surface area contributed by atoms with E-state index in [4.69, 9.17) is 0 Å². The standard InChI is InChI=1S/C25H25.C17H23.C9H10.2ClH.Zr/c1-14-12-24(3,4)22-8-16-7-17-9-23-19(15(2)13-25(23,5)6)11-21(17)20(16)10-18(14)22;1-11-3-4-14(5-11)17(2)15-7-12-6-13(9-15)10-16(17)8-12;1-3-9-6-4-8(2)5-7-9;;;/h7-13H,1-6H3;4-5,11-13,15-16H,6-10H2,1-2H3;4-7H,1-2H3;2*1H;/q2*-1;;;;+2/p-2. The number of rotatable bonds is 2. The van der Waals surface area contributed by atoms with E-state index < -0.39 is 0 Å². The van der Waals surface area contributed by atoms with E-state index in [-0.39, 0.29) is 35.6 Å². The van der Waals surface area contributed by atoms with Crippen LogP contribution in [0.15, 0.2) is 84.5 Å². The maximum atomic E-state index is 3.49. The molecule has 4 aromatic carbocycles. The van der Waals surface area contributed by atoms with Gasteiger partial charge in [0, 0.05) is 10.8 Å². The van der Waals surface area contributed by atoms with Crippen LogP contribution in [-0.4, -0.2) is 3.21 Å². The number of hydrogen-bond acceptors (Lipinski definition) is 0. The zero-order chi connectivity index (χ0) is 36.9. The van der Waals surface area contributed by atoms with Gasteiger partial charge >= 0.3 is 76.7 Å². The van der Waals surface area contributed by atoms with Gasteiger partial charge in [0.1, 0.15) is 0 Å². The number of aryl methyl sites for hydroxylation is 1. The summed E-state index contributed by atoms with van der Waals surface area (Å²) in [7, 11) is 0. The van der Waals surface area contributed by atoms with Crippen LogP contribution >= 0.6 is 0 Å². The summed E-state index contributed by atoms with van der Waals surface area (Å²) >= 11 is 1.51. The van der Waals surface area contributed by atoms with E-state index >= 15 is 0 Å². The fraction of sp³-hybridized carbons (Fsp3) is 0.451. The molecule has 1 atom stereocenters. The van der Waals surface area contributed by atoms with Crippen molar-refractivity contribution in [1.29, 1.82) is 0 Å². The van der Waals surface area contributed by atoms with Gasteiger partial charge in [0.2, 0.25) is 0 Å². The van der Waals surface area contributed by atoms with Crippen LogP contribution in [0, 0.1) is 48.0 Å². The molecule has 0 aromatic heterocycles. The molecule has 4 saturated carbocycles. The van der Waals surface area contributed by atoms with Crippen LogP contribution in [0.25, 0.3) is 32.7 Å². The zero-order valence-corrected chi connectivity index (χ0v) is 38.2. The zero-order valence-electron chi connectivity index (χ0n) is 34.2. The van der Waals surface area contributed by atoms with Gasteiger partial charge < -0.3 is 24.8 Å². The summed E-state index contributed by atoms with van der Waals surface area (Å²) in [6.45, 7) is 22.9. The maximum Gasteiger partial charge on any atom is -1.00 e. The van der Waals surface area contributed by atoms with E-state index in [0.29, 0.717) is 11.3 Å². The third-order valence-corrected chi connectivity index (χ3v) is 15.0. The van der Waals surface area contributed by atoms with Gasteiger partial charge in [0.25, 0.3) is 0 Å². The van der Waals surface area contributed by atoms with Gasteiger partial charge in [-0.25, -0.2) is 6.08 Å². The van der Waals surface area contributed by atoms with Crippen molar-refractivity contribution in [2.75, 3.05) is 0 Å².